The highest BCUT2D eigenvalue weighted by molar-refractivity contribution is 7.97. The molecule has 7 nitrogen and oxygen atoms in total. The van der Waals surface area contributed by atoms with Gasteiger partial charge in [-0.1, -0.05) is 0 Å². The van der Waals surface area contributed by atoms with Gasteiger partial charge in [-0.15, -0.1) is 0 Å². The molecule has 0 bridgehead atoms. The van der Waals surface area contributed by atoms with Crippen molar-refractivity contribution in [2.45, 2.75) is 18.6 Å². The van der Waals surface area contributed by atoms with Gasteiger partial charge in [0.1, 0.15) is 0 Å². The highest BCUT2D eigenvalue weighted by Gasteiger charge is 2.37. The lowest BCUT2D eigenvalue weighted by Crippen LogP contribution is -2.29. The summed E-state index contributed by atoms with van der Waals surface area (Å²) in [5.41, 5.74) is 0.766. The van der Waals surface area contributed by atoms with Crippen molar-refractivity contribution in [3.05, 3.63) is 29.3 Å². The molecule has 0 saturated carbocycles. The second kappa shape index (κ2) is 5.30. The molecule has 1 fully saturated rings. The van der Waals surface area contributed by atoms with Crippen LogP contribution in [0.5, 0.6) is 0 Å². The van der Waals surface area contributed by atoms with Crippen molar-refractivity contribution in [1.82, 2.24) is 0 Å². The van der Waals surface area contributed by atoms with Gasteiger partial charge in [0, 0.05) is 0 Å². The van der Waals surface area contributed by atoms with Gasteiger partial charge in [0.25, 0.3) is 0 Å². The van der Waals surface area contributed by atoms with Crippen LogP contribution in [0.4, 0.5) is 5.69 Å². The zero-order chi connectivity index (χ0) is 15.8. The van der Waals surface area contributed by atoms with Gasteiger partial charge >= 0.3 is 5.97 Å². The second-order valence-corrected chi connectivity index (χ2v) is 9.20. The van der Waals surface area contributed by atoms with E-state index in [1.54, 1.807) is 6.92 Å². The SMILES string of the molecule is Cc1cc(C(=O)O)ccc1NS(=O)(=O)C1CCS(=O)(=O)C1. The molecule has 1 unspecified atom stereocenters. The number of nitrogens with one attached hydrogen (secondary N) is 1. The predicted octanol–water partition coefficient (Wildman–Crippen LogP) is 0.622. The molecule has 2 N–H and O–H groups in total. The van der Waals surface area contributed by atoms with E-state index in [0.717, 1.165) is 0 Å². The smallest absolute Gasteiger partial charge is 0.335 e. The number of hydrogen-bond acceptors (Lipinski definition) is 5. The van der Waals surface area contributed by atoms with E-state index in [1.807, 2.05) is 0 Å². The summed E-state index contributed by atoms with van der Waals surface area (Å²) in [5, 5.41) is 7.89. The lowest BCUT2D eigenvalue weighted by atomic mass is 10.1. The van der Waals surface area contributed by atoms with Crippen LogP contribution >= 0.6 is 0 Å². The number of aromatic carboxylic acids is 1. The van der Waals surface area contributed by atoms with E-state index in [0.29, 0.717) is 5.56 Å². The molecular weight excluding hydrogens is 318 g/mol. The predicted molar refractivity (Wildman–Crippen MR) is 77.7 cm³/mol. The van der Waals surface area contributed by atoms with E-state index in [9.17, 15) is 21.6 Å². The molecule has 1 aliphatic heterocycles. The van der Waals surface area contributed by atoms with E-state index >= 15 is 0 Å². The molecule has 2 rings (SSSR count). The lowest BCUT2D eigenvalue weighted by molar-refractivity contribution is 0.0697. The number of hydrogen-bond donors (Lipinski definition) is 2. The Morgan fingerprint density at radius 1 is 1.38 bits per heavy atom. The number of rotatable bonds is 4. The first-order valence-corrected chi connectivity index (χ1v) is 9.53. The molecule has 1 aliphatic rings. The largest absolute Gasteiger partial charge is 0.478 e. The van der Waals surface area contributed by atoms with Crippen molar-refractivity contribution in [2.75, 3.05) is 16.2 Å². The van der Waals surface area contributed by atoms with Gasteiger partial charge < -0.3 is 5.11 Å². The van der Waals surface area contributed by atoms with Crippen molar-refractivity contribution in [3.63, 3.8) is 0 Å². The van der Waals surface area contributed by atoms with E-state index in [1.165, 1.54) is 18.2 Å². The van der Waals surface area contributed by atoms with Gasteiger partial charge in [0.2, 0.25) is 10.0 Å². The zero-order valence-electron chi connectivity index (χ0n) is 11.2. The summed E-state index contributed by atoms with van der Waals surface area (Å²) in [5.74, 6) is -1.61. The molecule has 1 heterocycles. The maximum atomic E-state index is 12.2. The first kappa shape index (κ1) is 15.8. The van der Waals surface area contributed by atoms with Crippen molar-refractivity contribution < 1.29 is 26.7 Å². The molecule has 0 aliphatic carbocycles. The summed E-state index contributed by atoms with van der Waals surface area (Å²) in [6.45, 7) is 1.58. The zero-order valence-corrected chi connectivity index (χ0v) is 12.9. The molecule has 0 aromatic heterocycles. The molecule has 21 heavy (non-hydrogen) atoms. The van der Waals surface area contributed by atoms with Crippen LogP contribution in [0, 0.1) is 6.92 Å². The molecule has 0 amide bonds. The van der Waals surface area contributed by atoms with Crippen LogP contribution in [0.2, 0.25) is 0 Å². The molecule has 1 saturated heterocycles. The molecule has 9 heteroatoms. The van der Waals surface area contributed by atoms with Crippen molar-refractivity contribution in [2.24, 2.45) is 0 Å². The Labute approximate surface area is 123 Å². The first-order chi connectivity index (χ1) is 9.61. The van der Waals surface area contributed by atoms with Gasteiger partial charge in [0.05, 0.1) is 28.0 Å². The van der Waals surface area contributed by atoms with Crippen LogP contribution in [-0.4, -0.2) is 44.7 Å². The van der Waals surface area contributed by atoms with E-state index in [2.05, 4.69) is 4.72 Å². The average molecular weight is 333 g/mol. The normalized spacial score (nSPS) is 21.1. The summed E-state index contributed by atoms with van der Waals surface area (Å²) in [6.07, 6.45) is 0.0733. The maximum absolute atomic E-state index is 12.2. The Balaban J connectivity index is 2.23. The van der Waals surface area contributed by atoms with Crippen molar-refractivity contribution >= 4 is 31.5 Å². The number of carbonyl (C=O) groups is 1. The Kier molecular flexibility index (Phi) is 3.98. The number of carboxylic acid groups (broad SMARTS) is 1. The van der Waals surface area contributed by atoms with E-state index < -0.39 is 31.1 Å². The van der Waals surface area contributed by atoms with Gasteiger partial charge in [-0.3, -0.25) is 4.72 Å². The minimum absolute atomic E-state index is 0.0545. The summed E-state index contributed by atoms with van der Waals surface area (Å²) in [7, 11) is -7.11. The summed E-state index contributed by atoms with van der Waals surface area (Å²) >= 11 is 0. The van der Waals surface area contributed by atoms with Crippen molar-refractivity contribution in [3.8, 4) is 0 Å². The van der Waals surface area contributed by atoms with Crippen LogP contribution in [0.25, 0.3) is 0 Å². The second-order valence-electron chi connectivity index (χ2n) is 5.01. The topological polar surface area (TPSA) is 118 Å². The molecule has 0 spiro atoms. The third-order valence-corrected chi connectivity index (χ3v) is 7.12. The number of sulfone groups is 1. The first-order valence-electron chi connectivity index (χ1n) is 6.17. The number of sulfonamides is 1. The summed E-state index contributed by atoms with van der Waals surface area (Å²) in [6, 6.07) is 4.00. The molecule has 1 atom stereocenters. The standard InChI is InChI=1S/C12H15NO6S2/c1-8-6-9(12(14)15)2-3-11(8)13-21(18,19)10-4-5-20(16,17)7-10/h2-3,6,10,13H,4-5,7H2,1H3,(H,14,15). The quantitative estimate of drug-likeness (QED) is 0.834. The number of anilines is 1. The summed E-state index contributed by atoms with van der Waals surface area (Å²) in [4.78, 5) is 10.8. The van der Waals surface area contributed by atoms with Crippen LogP contribution < -0.4 is 4.72 Å². The van der Waals surface area contributed by atoms with E-state index in [4.69, 9.17) is 5.11 Å². The fraction of sp³-hybridized carbons (Fsp3) is 0.417. The number of aryl methyl sites for hydroxylation is 1. The highest BCUT2D eigenvalue weighted by atomic mass is 32.2. The van der Waals surface area contributed by atoms with Gasteiger partial charge in [0.15, 0.2) is 9.84 Å². The van der Waals surface area contributed by atoms with Crippen LogP contribution in [0.3, 0.4) is 0 Å². The number of carboxylic acids is 1. The van der Waals surface area contributed by atoms with Gasteiger partial charge in [-0.2, -0.15) is 0 Å². The lowest BCUT2D eigenvalue weighted by Gasteiger charge is -2.14. The monoisotopic (exact) mass is 333 g/mol. The highest BCUT2D eigenvalue weighted by Crippen LogP contribution is 2.24. The molecule has 1 aromatic carbocycles. The Morgan fingerprint density at radius 2 is 2.05 bits per heavy atom. The molecule has 0 radical (unpaired) electrons. The third-order valence-electron chi connectivity index (χ3n) is 3.36. The Morgan fingerprint density at radius 3 is 2.52 bits per heavy atom. The van der Waals surface area contributed by atoms with Crippen LogP contribution in [0.1, 0.15) is 22.3 Å². The average Bonchev–Trinajstić information content (AvgIpc) is 2.72. The Bertz CT molecular complexity index is 782. The summed E-state index contributed by atoms with van der Waals surface area (Å²) < 4.78 is 49.4. The van der Waals surface area contributed by atoms with Gasteiger partial charge in [-0.25, -0.2) is 21.6 Å². The van der Waals surface area contributed by atoms with E-state index in [-0.39, 0.29) is 29.2 Å². The third kappa shape index (κ3) is 3.53. The van der Waals surface area contributed by atoms with Gasteiger partial charge in [-0.05, 0) is 37.1 Å². The maximum Gasteiger partial charge on any atom is 0.335 e. The van der Waals surface area contributed by atoms with Crippen LogP contribution in [0.15, 0.2) is 18.2 Å². The number of benzene rings is 1. The molecule has 116 valence electrons. The minimum atomic E-state index is -3.82. The molecular formula is C12H15NO6S2. The van der Waals surface area contributed by atoms with Crippen LogP contribution in [-0.2, 0) is 19.9 Å². The fourth-order valence-electron chi connectivity index (χ4n) is 2.15. The van der Waals surface area contributed by atoms with Crippen molar-refractivity contribution in [1.29, 1.82) is 0 Å². The fourth-order valence-corrected chi connectivity index (χ4v) is 6.32. The minimum Gasteiger partial charge on any atom is -0.478 e. The molecule has 1 aromatic rings. The Hall–Kier alpha value is -1.61.